The van der Waals surface area contributed by atoms with Gasteiger partial charge in [0.25, 0.3) is 0 Å². The maximum absolute atomic E-state index is 13.2. The number of hydrogen-bond acceptors (Lipinski definition) is 5. The second-order valence-corrected chi connectivity index (χ2v) is 4.57. The molecule has 3 aromatic rings. The number of halogens is 2. The average molecular weight is 307 g/mol. The molecule has 1 aromatic carbocycles. The first-order chi connectivity index (χ1) is 10.6. The minimum Gasteiger partial charge on any atom is -0.452 e. The molecule has 0 bridgehead atoms. The molecular weight excluding hydrogens is 296 g/mol. The fraction of sp³-hybridized carbons (Fsp3) is 0.214. The van der Waals surface area contributed by atoms with E-state index in [1.54, 1.807) is 25.1 Å². The van der Waals surface area contributed by atoms with E-state index in [9.17, 15) is 13.6 Å². The molecule has 0 atom stereocenters. The van der Waals surface area contributed by atoms with Gasteiger partial charge in [-0.1, -0.05) is 17.3 Å². The molecular formula is C14H11F2N3O3. The molecule has 0 aliphatic carbocycles. The van der Waals surface area contributed by atoms with Crippen molar-refractivity contribution in [1.82, 2.24) is 14.7 Å². The Kier molecular flexibility index (Phi) is 3.58. The molecule has 2 aromatic heterocycles. The third-order valence-corrected chi connectivity index (χ3v) is 3.03. The molecule has 114 valence electrons. The summed E-state index contributed by atoms with van der Waals surface area (Å²) in [6.07, 6.45) is 0. The molecule has 3 rings (SSSR count). The van der Waals surface area contributed by atoms with Crippen LogP contribution >= 0.6 is 0 Å². The number of imidazole rings is 1. The van der Waals surface area contributed by atoms with Crippen LogP contribution in [0.25, 0.3) is 11.0 Å². The van der Waals surface area contributed by atoms with Crippen LogP contribution in [0.5, 0.6) is 0 Å². The Morgan fingerprint density at radius 1 is 1.41 bits per heavy atom. The van der Waals surface area contributed by atoms with Crippen LogP contribution in [-0.4, -0.2) is 20.7 Å². The van der Waals surface area contributed by atoms with Crippen LogP contribution < -0.4 is 0 Å². The molecule has 0 aliphatic rings. The minimum absolute atomic E-state index is 0.0409. The molecule has 0 spiro atoms. The first-order valence-corrected chi connectivity index (χ1v) is 6.40. The lowest BCUT2D eigenvalue weighted by atomic mass is 10.3. The SMILES string of the molecule is Cc1cc(C(=O)OCc2nc3ccccc3n2C(F)F)on1. The monoisotopic (exact) mass is 307 g/mol. The molecule has 0 saturated carbocycles. The van der Waals surface area contributed by atoms with E-state index in [2.05, 4.69) is 10.1 Å². The van der Waals surface area contributed by atoms with Crippen molar-refractivity contribution < 1.29 is 22.8 Å². The summed E-state index contributed by atoms with van der Waals surface area (Å²) < 4.78 is 36.8. The Bertz CT molecular complexity index is 826. The fourth-order valence-corrected chi connectivity index (χ4v) is 2.07. The normalized spacial score (nSPS) is 11.3. The maximum atomic E-state index is 13.2. The lowest BCUT2D eigenvalue weighted by Crippen LogP contribution is -2.10. The zero-order chi connectivity index (χ0) is 15.7. The Morgan fingerprint density at radius 2 is 2.18 bits per heavy atom. The summed E-state index contributed by atoms with van der Waals surface area (Å²) in [5, 5.41) is 3.56. The summed E-state index contributed by atoms with van der Waals surface area (Å²) in [4.78, 5) is 15.8. The highest BCUT2D eigenvalue weighted by atomic mass is 19.3. The molecule has 0 aliphatic heterocycles. The highest BCUT2D eigenvalue weighted by Gasteiger charge is 2.20. The molecule has 0 fully saturated rings. The van der Waals surface area contributed by atoms with E-state index in [0.29, 0.717) is 11.2 Å². The number of aryl methyl sites for hydroxylation is 1. The molecule has 0 saturated heterocycles. The summed E-state index contributed by atoms with van der Waals surface area (Å²) in [7, 11) is 0. The summed E-state index contributed by atoms with van der Waals surface area (Å²) in [5.74, 6) is -0.911. The number of aromatic nitrogens is 3. The van der Waals surface area contributed by atoms with Gasteiger partial charge in [-0.3, -0.25) is 4.57 Å². The van der Waals surface area contributed by atoms with Crippen molar-refractivity contribution in [2.45, 2.75) is 20.1 Å². The summed E-state index contributed by atoms with van der Waals surface area (Å²) in [6.45, 7) is -1.53. The van der Waals surface area contributed by atoms with Crippen molar-refractivity contribution in [1.29, 1.82) is 0 Å². The summed E-state index contributed by atoms with van der Waals surface area (Å²) >= 11 is 0. The molecule has 6 nitrogen and oxygen atoms in total. The van der Waals surface area contributed by atoms with E-state index in [-0.39, 0.29) is 17.1 Å². The largest absolute Gasteiger partial charge is 0.452 e. The number of ether oxygens (including phenoxy) is 1. The zero-order valence-corrected chi connectivity index (χ0v) is 11.5. The number of nitrogens with zero attached hydrogens (tertiary/aromatic N) is 3. The van der Waals surface area contributed by atoms with Gasteiger partial charge in [0, 0.05) is 6.07 Å². The summed E-state index contributed by atoms with van der Waals surface area (Å²) in [5.41, 5.74) is 1.20. The number of para-hydroxylation sites is 2. The number of carbonyl (C=O) groups is 1. The third-order valence-electron chi connectivity index (χ3n) is 3.03. The molecule has 0 radical (unpaired) electrons. The second kappa shape index (κ2) is 5.55. The van der Waals surface area contributed by atoms with Gasteiger partial charge in [0.1, 0.15) is 6.61 Å². The number of carbonyl (C=O) groups excluding carboxylic acids is 1. The lowest BCUT2D eigenvalue weighted by molar-refractivity contribution is 0.0349. The molecule has 22 heavy (non-hydrogen) atoms. The van der Waals surface area contributed by atoms with Gasteiger partial charge in [0.2, 0.25) is 5.76 Å². The third kappa shape index (κ3) is 2.54. The van der Waals surface area contributed by atoms with Gasteiger partial charge in [0.15, 0.2) is 5.82 Å². The molecule has 0 unspecified atom stereocenters. The molecule has 8 heteroatoms. The maximum Gasteiger partial charge on any atom is 0.377 e. The Balaban J connectivity index is 1.84. The van der Waals surface area contributed by atoms with Gasteiger partial charge in [-0.05, 0) is 19.1 Å². The van der Waals surface area contributed by atoms with Crippen LogP contribution in [0.2, 0.25) is 0 Å². The van der Waals surface area contributed by atoms with Gasteiger partial charge < -0.3 is 9.26 Å². The zero-order valence-electron chi connectivity index (χ0n) is 11.5. The van der Waals surface area contributed by atoms with Crippen LogP contribution in [0.1, 0.15) is 28.6 Å². The van der Waals surface area contributed by atoms with Crippen LogP contribution in [0.4, 0.5) is 8.78 Å². The van der Waals surface area contributed by atoms with Gasteiger partial charge in [-0.25, -0.2) is 9.78 Å². The number of fused-ring (bicyclic) bond motifs is 1. The smallest absolute Gasteiger partial charge is 0.377 e. The van der Waals surface area contributed by atoms with E-state index >= 15 is 0 Å². The lowest BCUT2D eigenvalue weighted by Gasteiger charge is -2.07. The fourth-order valence-electron chi connectivity index (χ4n) is 2.07. The average Bonchev–Trinajstić information content (AvgIpc) is 3.07. The molecule has 2 heterocycles. The predicted octanol–water partition coefficient (Wildman–Crippen LogP) is 3.08. The van der Waals surface area contributed by atoms with E-state index < -0.39 is 19.1 Å². The van der Waals surface area contributed by atoms with E-state index in [1.807, 2.05) is 0 Å². The highest BCUT2D eigenvalue weighted by molar-refractivity contribution is 5.86. The highest BCUT2D eigenvalue weighted by Crippen LogP contribution is 2.23. The number of benzene rings is 1. The van der Waals surface area contributed by atoms with Gasteiger partial charge in [0.05, 0.1) is 16.7 Å². The van der Waals surface area contributed by atoms with E-state index in [1.165, 1.54) is 12.1 Å². The van der Waals surface area contributed by atoms with Crippen LogP contribution in [0.3, 0.4) is 0 Å². The van der Waals surface area contributed by atoms with Crippen LogP contribution in [0.15, 0.2) is 34.9 Å². The minimum atomic E-state index is -2.78. The van der Waals surface area contributed by atoms with Crippen LogP contribution in [0, 0.1) is 6.92 Å². The molecule has 0 amide bonds. The quantitative estimate of drug-likeness (QED) is 0.693. The van der Waals surface area contributed by atoms with Crippen molar-refractivity contribution in [3.8, 4) is 0 Å². The van der Waals surface area contributed by atoms with Crippen molar-refractivity contribution in [2.75, 3.05) is 0 Å². The topological polar surface area (TPSA) is 70.2 Å². The number of alkyl halides is 2. The van der Waals surface area contributed by atoms with E-state index in [0.717, 1.165) is 4.57 Å². The van der Waals surface area contributed by atoms with Gasteiger partial charge in [-0.15, -0.1) is 0 Å². The summed E-state index contributed by atoms with van der Waals surface area (Å²) in [6, 6.07) is 7.87. The Morgan fingerprint density at radius 3 is 2.86 bits per heavy atom. The van der Waals surface area contributed by atoms with Crippen molar-refractivity contribution in [2.24, 2.45) is 0 Å². The Hall–Kier alpha value is -2.77. The number of rotatable bonds is 4. The van der Waals surface area contributed by atoms with Gasteiger partial charge in [-0.2, -0.15) is 8.78 Å². The van der Waals surface area contributed by atoms with E-state index in [4.69, 9.17) is 9.26 Å². The second-order valence-electron chi connectivity index (χ2n) is 4.57. The van der Waals surface area contributed by atoms with Gasteiger partial charge >= 0.3 is 12.5 Å². The predicted molar refractivity (Wildman–Crippen MR) is 71.3 cm³/mol. The number of esters is 1. The number of hydrogen-bond donors (Lipinski definition) is 0. The van der Waals surface area contributed by atoms with Crippen LogP contribution in [-0.2, 0) is 11.3 Å². The molecule has 0 N–H and O–H groups in total. The van der Waals surface area contributed by atoms with Crippen molar-refractivity contribution >= 4 is 17.0 Å². The Labute approximate surface area is 123 Å². The first-order valence-electron chi connectivity index (χ1n) is 6.40. The first kappa shape index (κ1) is 14.2. The van der Waals surface area contributed by atoms with Crippen molar-refractivity contribution in [3.05, 3.63) is 47.6 Å². The standard InChI is InChI=1S/C14H11F2N3O3/c1-8-6-11(22-18-8)13(20)21-7-12-17-9-4-2-3-5-10(9)19(12)14(15)16/h2-6,14H,7H2,1H3. The van der Waals surface area contributed by atoms with Crippen molar-refractivity contribution in [3.63, 3.8) is 0 Å².